The molecule has 1 unspecified atom stereocenters. The number of rotatable bonds is 4. The van der Waals surface area contributed by atoms with E-state index in [-0.39, 0.29) is 22.7 Å². The molecule has 1 heterocycles. The normalized spacial score (nSPS) is 16.9. The van der Waals surface area contributed by atoms with Gasteiger partial charge in [-0.1, -0.05) is 6.07 Å². The van der Waals surface area contributed by atoms with Gasteiger partial charge in [0.05, 0.1) is 34.1 Å². The smallest absolute Gasteiger partial charge is 0.416 e. The fraction of sp³-hybridized carbons (Fsp3) is 0.294. The summed E-state index contributed by atoms with van der Waals surface area (Å²) in [4.78, 5) is 9.90. The Morgan fingerprint density at radius 2 is 2.00 bits per heavy atom. The minimum Gasteiger partial charge on any atom is -0.484 e. The van der Waals surface area contributed by atoms with E-state index in [0.717, 1.165) is 28.6 Å². The molecule has 0 aliphatic carbocycles. The Hall–Kier alpha value is -2.86. The second-order valence-corrected chi connectivity index (χ2v) is 8.16. The van der Waals surface area contributed by atoms with Crippen LogP contribution in [0.2, 0.25) is 0 Å². The minimum atomic E-state index is -4.75. The summed E-state index contributed by atoms with van der Waals surface area (Å²) in [6.07, 6.45) is -5.75. The summed E-state index contributed by atoms with van der Waals surface area (Å²) in [5.74, 6) is -0.0334. The number of halogens is 3. The van der Waals surface area contributed by atoms with Crippen molar-refractivity contribution in [1.82, 2.24) is 0 Å². The molecule has 2 aromatic rings. The number of fused-ring (bicyclic) bond motifs is 1. The summed E-state index contributed by atoms with van der Waals surface area (Å²) in [7, 11) is -4.55. The van der Waals surface area contributed by atoms with Gasteiger partial charge in [0.15, 0.2) is 0 Å². The molecule has 3 rings (SSSR count). The third kappa shape index (κ3) is 3.72. The Morgan fingerprint density at radius 3 is 2.59 bits per heavy atom. The lowest BCUT2D eigenvalue weighted by Gasteiger charge is -2.35. The van der Waals surface area contributed by atoms with E-state index in [2.05, 4.69) is 0 Å². The van der Waals surface area contributed by atoms with Crippen LogP contribution in [0.1, 0.15) is 11.1 Å². The Bertz CT molecular complexity index is 1070. The molecule has 0 amide bonds. The lowest BCUT2D eigenvalue weighted by molar-refractivity contribution is -0.385. The zero-order chi connectivity index (χ0) is 21.6. The largest absolute Gasteiger partial charge is 0.484 e. The Morgan fingerprint density at radius 1 is 1.31 bits per heavy atom. The first kappa shape index (κ1) is 20.9. The van der Waals surface area contributed by atoms with E-state index in [1.165, 1.54) is 13.0 Å². The number of nitro benzene ring substituents is 1. The fourth-order valence-electron chi connectivity index (χ4n) is 3.03. The van der Waals surface area contributed by atoms with Gasteiger partial charge in [0, 0.05) is 6.07 Å². The van der Waals surface area contributed by atoms with Crippen LogP contribution in [0.5, 0.6) is 5.75 Å². The van der Waals surface area contributed by atoms with E-state index >= 15 is 0 Å². The second kappa shape index (κ2) is 7.19. The number of alkyl halides is 3. The first-order valence-electron chi connectivity index (χ1n) is 8.22. The number of nitrogens with zero attached hydrogens (tertiary/aromatic N) is 2. The molecular formula is C17H15F3N2O6S. The van der Waals surface area contributed by atoms with Gasteiger partial charge in [0.1, 0.15) is 17.5 Å². The first-order valence-corrected chi connectivity index (χ1v) is 9.66. The number of hydrogen-bond donors (Lipinski definition) is 1. The highest BCUT2D eigenvalue weighted by molar-refractivity contribution is 7.92. The van der Waals surface area contributed by atoms with Gasteiger partial charge in [-0.2, -0.15) is 13.2 Å². The highest BCUT2D eigenvalue weighted by atomic mass is 32.2. The number of hydrogen-bond acceptors (Lipinski definition) is 6. The van der Waals surface area contributed by atoms with Crippen molar-refractivity contribution in [2.24, 2.45) is 0 Å². The van der Waals surface area contributed by atoms with Crippen LogP contribution in [0.3, 0.4) is 0 Å². The molecule has 0 fully saturated rings. The molecule has 0 radical (unpaired) electrons. The Kier molecular flexibility index (Phi) is 5.17. The predicted octanol–water partition coefficient (Wildman–Crippen LogP) is 2.87. The molecule has 29 heavy (non-hydrogen) atoms. The maximum atomic E-state index is 13.2. The van der Waals surface area contributed by atoms with Crippen molar-refractivity contribution in [3.05, 3.63) is 57.6 Å². The van der Waals surface area contributed by atoms with Crippen molar-refractivity contribution in [3.8, 4) is 5.75 Å². The van der Waals surface area contributed by atoms with Crippen molar-refractivity contribution in [1.29, 1.82) is 0 Å². The molecule has 0 aromatic heterocycles. The molecule has 0 bridgehead atoms. The van der Waals surface area contributed by atoms with Gasteiger partial charge in [-0.15, -0.1) is 0 Å². The molecule has 1 aliphatic heterocycles. The molecule has 1 N–H and O–H groups in total. The molecule has 12 heteroatoms. The zero-order valence-electron chi connectivity index (χ0n) is 14.9. The van der Waals surface area contributed by atoms with Crippen LogP contribution in [0.15, 0.2) is 41.3 Å². The number of nitro groups is 1. The van der Waals surface area contributed by atoms with E-state index < -0.39 is 50.8 Å². The summed E-state index contributed by atoms with van der Waals surface area (Å²) >= 11 is 0. The van der Waals surface area contributed by atoms with Crippen LogP contribution < -0.4 is 9.04 Å². The van der Waals surface area contributed by atoms with Crippen LogP contribution in [-0.4, -0.2) is 37.7 Å². The van der Waals surface area contributed by atoms with Gasteiger partial charge in [0.2, 0.25) is 0 Å². The van der Waals surface area contributed by atoms with Gasteiger partial charge < -0.3 is 9.84 Å². The fourth-order valence-corrected chi connectivity index (χ4v) is 4.64. The average molecular weight is 432 g/mol. The SMILES string of the molecule is Cc1c([N+](=O)[O-])ccc2c1N(S(=O)(=O)c1cccc(C(F)(F)F)c1)CC(CO)O2. The first-order chi connectivity index (χ1) is 13.5. The Balaban J connectivity index is 2.20. The molecule has 0 saturated carbocycles. The van der Waals surface area contributed by atoms with Crippen molar-refractivity contribution >= 4 is 21.4 Å². The molecule has 1 atom stereocenters. The zero-order valence-corrected chi connectivity index (χ0v) is 15.7. The van der Waals surface area contributed by atoms with Crippen molar-refractivity contribution in [2.45, 2.75) is 24.1 Å². The predicted molar refractivity (Wildman–Crippen MR) is 95.3 cm³/mol. The van der Waals surface area contributed by atoms with Gasteiger partial charge in [-0.25, -0.2) is 8.42 Å². The van der Waals surface area contributed by atoms with Gasteiger partial charge in [-0.05, 0) is 31.2 Å². The maximum absolute atomic E-state index is 13.2. The van der Waals surface area contributed by atoms with E-state index in [1.807, 2.05) is 0 Å². The summed E-state index contributed by atoms with van der Waals surface area (Å²) in [5, 5.41) is 20.7. The van der Waals surface area contributed by atoms with Crippen LogP contribution in [-0.2, 0) is 16.2 Å². The molecular weight excluding hydrogens is 417 g/mol. The van der Waals surface area contributed by atoms with Crippen molar-refractivity contribution in [3.63, 3.8) is 0 Å². The summed E-state index contributed by atoms with van der Waals surface area (Å²) < 4.78 is 71.6. The second-order valence-electron chi connectivity index (χ2n) is 6.30. The third-order valence-corrected chi connectivity index (χ3v) is 6.19. The maximum Gasteiger partial charge on any atom is 0.416 e. The van der Waals surface area contributed by atoms with Crippen molar-refractivity contribution < 1.29 is 36.4 Å². The van der Waals surface area contributed by atoms with E-state index in [9.17, 15) is 36.8 Å². The lowest BCUT2D eigenvalue weighted by Crippen LogP contribution is -2.45. The number of anilines is 1. The Labute approximate surface area is 163 Å². The number of sulfonamides is 1. The topological polar surface area (TPSA) is 110 Å². The van der Waals surface area contributed by atoms with Crippen molar-refractivity contribution in [2.75, 3.05) is 17.5 Å². The molecule has 1 aliphatic rings. The van der Waals surface area contributed by atoms with Crippen LogP contribution in [0.25, 0.3) is 0 Å². The highest BCUT2D eigenvalue weighted by Gasteiger charge is 2.39. The van der Waals surface area contributed by atoms with E-state index in [1.54, 1.807) is 0 Å². The molecule has 0 spiro atoms. The van der Waals surface area contributed by atoms with Crippen LogP contribution >= 0.6 is 0 Å². The minimum absolute atomic E-state index is 0.0283. The van der Waals surface area contributed by atoms with Crippen LogP contribution in [0.4, 0.5) is 24.5 Å². The number of aliphatic hydroxyl groups is 1. The monoisotopic (exact) mass is 432 g/mol. The van der Waals surface area contributed by atoms with E-state index in [0.29, 0.717) is 6.07 Å². The van der Waals surface area contributed by atoms with E-state index in [4.69, 9.17) is 4.74 Å². The lowest BCUT2D eigenvalue weighted by atomic mass is 10.1. The summed E-state index contributed by atoms with van der Waals surface area (Å²) in [6, 6.07) is 5.51. The molecule has 8 nitrogen and oxygen atoms in total. The number of ether oxygens (including phenoxy) is 1. The molecule has 156 valence electrons. The van der Waals surface area contributed by atoms with Gasteiger partial charge in [0.25, 0.3) is 15.7 Å². The number of aliphatic hydroxyl groups excluding tert-OH is 1. The summed E-state index contributed by atoms with van der Waals surface area (Å²) in [5.41, 5.74) is -1.71. The quantitative estimate of drug-likeness (QED) is 0.588. The molecule has 0 saturated heterocycles. The molecule has 2 aromatic carbocycles. The summed E-state index contributed by atoms with van der Waals surface area (Å²) in [6.45, 7) is 0.322. The average Bonchev–Trinajstić information content (AvgIpc) is 2.66. The highest BCUT2D eigenvalue weighted by Crippen LogP contribution is 2.43. The van der Waals surface area contributed by atoms with Gasteiger partial charge in [-0.3, -0.25) is 14.4 Å². The standard InChI is InChI=1S/C17H15F3N2O6S/c1-10-14(22(24)25)5-6-15-16(10)21(8-12(9-23)28-15)29(26,27)13-4-2-3-11(7-13)17(18,19)20/h2-7,12,23H,8-9H2,1H3. The third-order valence-electron chi connectivity index (χ3n) is 4.43. The van der Waals surface area contributed by atoms with Gasteiger partial charge >= 0.3 is 6.18 Å². The van der Waals surface area contributed by atoms with Crippen LogP contribution in [0, 0.1) is 17.0 Å². The number of benzene rings is 2.